The van der Waals surface area contributed by atoms with Crippen LogP contribution in [0.1, 0.15) is 16.1 Å². The van der Waals surface area contributed by atoms with Crippen molar-refractivity contribution >= 4 is 11.6 Å². The van der Waals surface area contributed by atoms with E-state index < -0.39 is 0 Å². The lowest BCUT2D eigenvalue weighted by Gasteiger charge is -2.28. The summed E-state index contributed by atoms with van der Waals surface area (Å²) in [6.45, 7) is 3.70. The zero-order valence-electron chi connectivity index (χ0n) is 14.4. The molecule has 1 aromatic carbocycles. The number of nitrogens with one attached hydrogen (secondary N) is 1. The highest BCUT2D eigenvalue weighted by Gasteiger charge is 2.13. The second-order valence-electron chi connectivity index (χ2n) is 5.82. The molecule has 25 heavy (non-hydrogen) atoms. The van der Waals surface area contributed by atoms with Gasteiger partial charge in [-0.3, -0.25) is 4.79 Å². The van der Waals surface area contributed by atoms with Crippen molar-refractivity contribution in [1.29, 1.82) is 0 Å². The number of anilines is 1. The molecule has 1 aliphatic heterocycles. The Balaban J connectivity index is 1.52. The number of para-hydroxylation sites is 1. The molecule has 0 saturated carbocycles. The molecule has 1 N–H and O–H groups in total. The largest absolute Gasteiger partial charge is 0.496 e. The van der Waals surface area contributed by atoms with E-state index >= 15 is 0 Å². The molecular formula is C19H23N3O3. The molecule has 1 fully saturated rings. The molecule has 0 bridgehead atoms. The van der Waals surface area contributed by atoms with Gasteiger partial charge in [0.15, 0.2) is 0 Å². The molecule has 1 aromatic heterocycles. The van der Waals surface area contributed by atoms with Crippen molar-refractivity contribution in [3.05, 3.63) is 53.9 Å². The molecule has 2 heterocycles. The van der Waals surface area contributed by atoms with Gasteiger partial charge in [0.1, 0.15) is 11.4 Å². The van der Waals surface area contributed by atoms with Crippen molar-refractivity contribution in [3.8, 4) is 5.75 Å². The number of ether oxygens (including phenoxy) is 2. The fraction of sp³-hybridized carbons (Fsp3) is 0.368. The van der Waals surface area contributed by atoms with Crippen molar-refractivity contribution in [3.63, 3.8) is 0 Å². The molecule has 6 nitrogen and oxygen atoms in total. The third-order valence-electron chi connectivity index (χ3n) is 4.23. The van der Waals surface area contributed by atoms with Gasteiger partial charge in [-0.05, 0) is 30.2 Å². The van der Waals surface area contributed by atoms with Gasteiger partial charge < -0.3 is 19.7 Å². The lowest BCUT2D eigenvalue weighted by atomic mass is 10.1. The minimum atomic E-state index is -0.163. The van der Waals surface area contributed by atoms with Crippen LogP contribution in [0.2, 0.25) is 0 Å². The van der Waals surface area contributed by atoms with E-state index in [1.165, 1.54) is 0 Å². The topological polar surface area (TPSA) is 63.7 Å². The number of pyridine rings is 1. The lowest BCUT2D eigenvalue weighted by Crippen LogP contribution is -2.36. The van der Waals surface area contributed by atoms with Crippen LogP contribution in [-0.4, -0.2) is 50.8 Å². The number of hydrogen-bond acceptors (Lipinski definition) is 5. The highest BCUT2D eigenvalue weighted by atomic mass is 16.5. The number of methoxy groups -OCH3 is 1. The number of amides is 1. The first-order valence-electron chi connectivity index (χ1n) is 8.47. The van der Waals surface area contributed by atoms with Crippen LogP contribution in [0.5, 0.6) is 5.75 Å². The molecule has 1 aliphatic rings. The van der Waals surface area contributed by atoms with E-state index in [9.17, 15) is 4.79 Å². The van der Waals surface area contributed by atoms with E-state index in [-0.39, 0.29) is 5.91 Å². The SMILES string of the molecule is COc1ccccc1CCNC(=O)c1ccc(N2CCOCC2)cn1. The van der Waals surface area contributed by atoms with Gasteiger partial charge in [-0.2, -0.15) is 0 Å². The number of aromatic nitrogens is 1. The van der Waals surface area contributed by atoms with Crippen molar-refractivity contribution < 1.29 is 14.3 Å². The van der Waals surface area contributed by atoms with Crippen LogP contribution in [0.15, 0.2) is 42.6 Å². The highest BCUT2D eigenvalue weighted by molar-refractivity contribution is 5.92. The monoisotopic (exact) mass is 341 g/mol. The van der Waals surface area contributed by atoms with Crippen LogP contribution >= 0.6 is 0 Å². The molecule has 2 aromatic rings. The standard InChI is InChI=1S/C19H23N3O3/c1-24-18-5-3-2-4-15(18)8-9-20-19(23)17-7-6-16(14-21-17)22-10-12-25-13-11-22/h2-7,14H,8-13H2,1H3,(H,20,23). The zero-order chi connectivity index (χ0) is 17.5. The Kier molecular flexibility index (Phi) is 5.85. The van der Waals surface area contributed by atoms with Crippen LogP contribution < -0.4 is 15.0 Å². The van der Waals surface area contributed by atoms with Gasteiger partial charge in [-0.25, -0.2) is 4.98 Å². The maximum Gasteiger partial charge on any atom is 0.269 e. The molecule has 0 radical (unpaired) electrons. The van der Waals surface area contributed by atoms with Crippen molar-refractivity contribution in [1.82, 2.24) is 10.3 Å². The number of carbonyl (C=O) groups excluding carboxylic acids is 1. The van der Waals surface area contributed by atoms with Crippen molar-refractivity contribution in [2.75, 3.05) is 44.9 Å². The maximum atomic E-state index is 12.2. The van der Waals surface area contributed by atoms with E-state index in [1.54, 1.807) is 19.4 Å². The predicted molar refractivity (Wildman–Crippen MR) is 96.3 cm³/mol. The summed E-state index contributed by atoms with van der Waals surface area (Å²) in [7, 11) is 1.65. The molecule has 0 atom stereocenters. The van der Waals surface area contributed by atoms with Gasteiger partial charge in [-0.15, -0.1) is 0 Å². The third kappa shape index (κ3) is 4.48. The Morgan fingerprint density at radius 1 is 1.24 bits per heavy atom. The summed E-state index contributed by atoms with van der Waals surface area (Å²) < 4.78 is 10.7. The Bertz CT molecular complexity index is 697. The van der Waals surface area contributed by atoms with E-state index in [0.717, 1.165) is 43.3 Å². The van der Waals surface area contributed by atoms with Gasteiger partial charge in [0.25, 0.3) is 5.91 Å². The average molecular weight is 341 g/mol. The molecule has 3 rings (SSSR count). The predicted octanol–water partition coefficient (Wildman–Crippen LogP) is 1.90. The minimum absolute atomic E-state index is 0.163. The maximum absolute atomic E-state index is 12.2. The van der Waals surface area contributed by atoms with Crippen LogP contribution in [0.25, 0.3) is 0 Å². The third-order valence-corrected chi connectivity index (χ3v) is 4.23. The summed E-state index contributed by atoms with van der Waals surface area (Å²) in [6.07, 6.45) is 2.46. The van der Waals surface area contributed by atoms with Gasteiger partial charge in [-0.1, -0.05) is 18.2 Å². The second-order valence-corrected chi connectivity index (χ2v) is 5.82. The summed E-state index contributed by atoms with van der Waals surface area (Å²) in [4.78, 5) is 18.7. The molecular weight excluding hydrogens is 318 g/mol. The van der Waals surface area contributed by atoms with Gasteiger partial charge in [0.2, 0.25) is 0 Å². The number of carbonyl (C=O) groups is 1. The molecule has 1 amide bonds. The number of nitrogens with zero attached hydrogens (tertiary/aromatic N) is 2. The zero-order valence-corrected chi connectivity index (χ0v) is 14.4. The van der Waals surface area contributed by atoms with Crippen LogP contribution in [0.3, 0.4) is 0 Å². The Labute approximate surface area is 147 Å². The van der Waals surface area contributed by atoms with Crippen LogP contribution in [0.4, 0.5) is 5.69 Å². The molecule has 1 saturated heterocycles. The number of hydrogen-bond donors (Lipinski definition) is 1. The van der Waals surface area contributed by atoms with E-state index in [0.29, 0.717) is 18.7 Å². The summed E-state index contributed by atoms with van der Waals surface area (Å²) in [5, 5.41) is 2.91. The molecule has 0 unspecified atom stereocenters. The lowest BCUT2D eigenvalue weighted by molar-refractivity contribution is 0.0949. The summed E-state index contributed by atoms with van der Waals surface area (Å²) in [5.74, 6) is 0.674. The summed E-state index contributed by atoms with van der Waals surface area (Å²) >= 11 is 0. The first-order valence-corrected chi connectivity index (χ1v) is 8.47. The molecule has 6 heteroatoms. The quantitative estimate of drug-likeness (QED) is 0.869. The number of rotatable bonds is 6. The number of morpholine rings is 1. The second kappa shape index (κ2) is 8.48. The smallest absolute Gasteiger partial charge is 0.269 e. The summed E-state index contributed by atoms with van der Waals surface area (Å²) in [6, 6.07) is 11.5. The van der Waals surface area contributed by atoms with Gasteiger partial charge >= 0.3 is 0 Å². The van der Waals surface area contributed by atoms with Crippen molar-refractivity contribution in [2.45, 2.75) is 6.42 Å². The normalized spacial score (nSPS) is 14.2. The van der Waals surface area contributed by atoms with E-state index in [2.05, 4.69) is 15.2 Å². The molecule has 0 spiro atoms. The molecule has 132 valence electrons. The fourth-order valence-corrected chi connectivity index (χ4v) is 2.84. The fourth-order valence-electron chi connectivity index (χ4n) is 2.84. The average Bonchev–Trinajstić information content (AvgIpc) is 2.69. The van der Waals surface area contributed by atoms with Gasteiger partial charge in [0, 0.05) is 19.6 Å². The Morgan fingerprint density at radius 3 is 2.76 bits per heavy atom. The minimum Gasteiger partial charge on any atom is -0.496 e. The Hall–Kier alpha value is -2.60. The highest BCUT2D eigenvalue weighted by Crippen LogP contribution is 2.17. The Morgan fingerprint density at radius 2 is 2.04 bits per heavy atom. The first-order chi connectivity index (χ1) is 12.3. The van der Waals surface area contributed by atoms with Gasteiger partial charge in [0.05, 0.1) is 32.2 Å². The van der Waals surface area contributed by atoms with Crippen molar-refractivity contribution in [2.24, 2.45) is 0 Å². The number of benzene rings is 1. The van der Waals surface area contributed by atoms with Crippen LogP contribution in [-0.2, 0) is 11.2 Å². The van der Waals surface area contributed by atoms with Crippen LogP contribution in [0, 0.1) is 0 Å². The van der Waals surface area contributed by atoms with E-state index in [4.69, 9.17) is 9.47 Å². The molecule has 0 aliphatic carbocycles. The van der Waals surface area contributed by atoms with E-state index in [1.807, 2.05) is 30.3 Å². The summed E-state index contributed by atoms with van der Waals surface area (Å²) in [5.41, 5.74) is 2.52. The first kappa shape index (κ1) is 17.2.